The van der Waals surface area contributed by atoms with Gasteiger partial charge in [-0.25, -0.2) is 0 Å². The molecule has 2 aliphatic rings. The SMILES string of the molecule is CCOc1ccc2nc(CN3CCC[C@@]4(CCC[C@H]4O)C3)ccc2c1. The van der Waals surface area contributed by atoms with Crippen LogP contribution in [0.3, 0.4) is 0 Å². The Balaban J connectivity index is 1.49. The van der Waals surface area contributed by atoms with Crippen molar-refractivity contribution in [3.63, 3.8) is 0 Å². The van der Waals surface area contributed by atoms with Gasteiger partial charge < -0.3 is 9.84 Å². The summed E-state index contributed by atoms with van der Waals surface area (Å²) in [6.07, 6.45) is 5.57. The summed E-state index contributed by atoms with van der Waals surface area (Å²) in [5, 5.41) is 11.6. The molecule has 1 aliphatic carbocycles. The van der Waals surface area contributed by atoms with Gasteiger partial charge in [0.1, 0.15) is 5.75 Å². The van der Waals surface area contributed by atoms with Gasteiger partial charge in [0.15, 0.2) is 0 Å². The average molecular weight is 340 g/mol. The van der Waals surface area contributed by atoms with Crippen molar-refractivity contribution in [2.75, 3.05) is 19.7 Å². The Morgan fingerprint density at radius 2 is 2.12 bits per heavy atom. The number of nitrogens with zero attached hydrogens (tertiary/aromatic N) is 2. The number of aromatic nitrogens is 1. The number of hydrogen-bond acceptors (Lipinski definition) is 4. The standard InChI is InChI=1S/C21H28N2O2/c1-2-25-18-8-9-19-16(13-18)6-7-17(22-19)14-23-12-4-11-21(15-23)10-3-5-20(21)24/h6-9,13,20,24H,2-5,10-12,14-15H2,1H3/t20-,21+/m1/s1. The number of pyridine rings is 1. The molecule has 0 radical (unpaired) electrons. The fourth-order valence-corrected chi connectivity index (χ4v) is 4.71. The van der Waals surface area contributed by atoms with E-state index in [0.717, 1.165) is 48.4 Å². The van der Waals surface area contributed by atoms with Crippen molar-refractivity contribution in [3.8, 4) is 5.75 Å². The van der Waals surface area contributed by atoms with Crippen LogP contribution in [-0.2, 0) is 6.54 Å². The second kappa shape index (κ2) is 6.93. The van der Waals surface area contributed by atoms with Crippen LogP contribution in [0.2, 0.25) is 0 Å². The van der Waals surface area contributed by atoms with E-state index in [-0.39, 0.29) is 11.5 Å². The van der Waals surface area contributed by atoms with Crippen LogP contribution in [0.5, 0.6) is 5.75 Å². The molecule has 1 aromatic carbocycles. The molecule has 1 saturated carbocycles. The molecule has 134 valence electrons. The first-order valence-corrected chi connectivity index (χ1v) is 9.61. The van der Waals surface area contributed by atoms with Crippen LogP contribution in [0.25, 0.3) is 10.9 Å². The third-order valence-corrected chi connectivity index (χ3v) is 5.96. The Bertz CT molecular complexity index is 748. The molecule has 4 heteroatoms. The first kappa shape index (κ1) is 16.8. The van der Waals surface area contributed by atoms with E-state index in [4.69, 9.17) is 9.72 Å². The number of piperidine rings is 1. The predicted molar refractivity (Wildman–Crippen MR) is 99.7 cm³/mol. The van der Waals surface area contributed by atoms with Crippen LogP contribution in [0.4, 0.5) is 0 Å². The summed E-state index contributed by atoms with van der Waals surface area (Å²) in [6.45, 7) is 5.67. The summed E-state index contributed by atoms with van der Waals surface area (Å²) in [6, 6.07) is 10.4. The molecule has 1 saturated heterocycles. The van der Waals surface area contributed by atoms with Gasteiger partial charge in [0.2, 0.25) is 0 Å². The van der Waals surface area contributed by atoms with Gasteiger partial charge in [-0.2, -0.15) is 0 Å². The highest BCUT2D eigenvalue weighted by Crippen LogP contribution is 2.45. The fourth-order valence-electron chi connectivity index (χ4n) is 4.71. The summed E-state index contributed by atoms with van der Waals surface area (Å²) in [5.74, 6) is 0.901. The van der Waals surface area contributed by atoms with Crippen molar-refractivity contribution in [2.24, 2.45) is 5.41 Å². The van der Waals surface area contributed by atoms with Gasteiger partial charge in [-0.1, -0.05) is 12.5 Å². The summed E-state index contributed by atoms with van der Waals surface area (Å²) in [4.78, 5) is 7.33. The lowest BCUT2D eigenvalue weighted by Gasteiger charge is -2.42. The molecule has 4 rings (SSSR count). The topological polar surface area (TPSA) is 45.6 Å². The first-order chi connectivity index (χ1) is 12.2. The number of ether oxygens (including phenoxy) is 1. The molecule has 2 fully saturated rings. The Labute approximate surface area is 149 Å². The highest BCUT2D eigenvalue weighted by Gasteiger charge is 2.44. The maximum absolute atomic E-state index is 10.4. The number of fused-ring (bicyclic) bond motifs is 1. The van der Waals surface area contributed by atoms with E-state index >= 15 is 0 Å². The van der Waals surface area contributed by atoms with Crippen LogP contribution < -0.4 is 4.74 Å². The third-order valence-electron chi connectivity index (χ3n) is 5.96. The Hall–Kier alpha value is -1.65. The van der Waals surface area contributed by atoms with Crippen molar-refractivity contribution in [2.45, 2.75) is 51.7 Å². The summed E-state index contributed by atoms with van der Waals surface area (Å²) in [5.41, 5.74) is 2.27. The number of hydrogen-bond donors (Lipinski definition) is 1. The fraction of sp³-hybridized carbons (Fsp3) is 0.571. The lowest BCUT2D eigenvalue weighted by atomic mass is 9.76. The summed E-state index contributed by atoms with van der Waals surface area (Å²) in [7, 11) is 0. The number of aliphatic hydroxyl groups is 1. The van der Waals surface area contributed by atoms with Crippen molar-refractivity contribution in [3.05, 3.63) is 36.0 Å². The van der Waals surface area contributed by atoms with E-state index in [1.54, 1.807) is 0 Å². The second-order valence-corrected chi connectivity index (χ2v) is 7.67. The monoisotopic (exact) mass is 340 g/mol. The average Bonchev–Trinajstić information content (AvgIpc) is 2.95. The minimum absolute atomic E-state index is 0.114. The van der Waals surface area contributed by atoms with Crippen LogP contribution in [0.1, 0.15) is 44.7 Å². The smallest absolute Gasteiger partial charge is 0.120 e. The van der Waals surface area contributed by atoms with E-state index in [9.17, 15) is 5.11 Å². The normalized spacial score (nSPS) is 27.2. The van der Waals surface area contributed by atoms with E-state index in [2.05, 4.69) is 23.1 Å². The molecular weight excluding hydrogens is 312 g/mol. The third kappa shape index (κ3) is 3.38. The molecule has 1 aromatic heterocycles. The van der Waals surface area contributed by atoms with E-state index in [1.165, 1.54) is 25.7 Å². The first-order valence-electron chi connectivity index (χ1n) is 9.61. The van der Waals surface area contributed by atoms with Crippen molar-refractivity contribution < 1.29 is 9.84 Å². The lowest BCUT2D eigenvalue weighted by molar-refractivity contribution is -0.0123. The van der Waals surface area contributed by atoms with Gasteiger partial charge >= 0.3 is 0 Å². The molecule has 2 aromatic rings. The van der Waals surface area contributed by atoms with Gasteiger partial charge in [0, 0.05) is 23.9 Å². The molecule has 1 N–H and O–H groups in total. The van der Waals surface area contributed by atoms with E-state index in [0.29, 0.717) is 6.61 Å². The van der Waals surface area contributed by atoms with Gasteiger partial charge in [0.05, 0.1) is 23.9 Å². The molecule has 0 bridgehead atoms. The number of aliphatic hydroxyl groups excluding tert-OH is 1. The molecule has 4 nitrogen and oxygen atoms in total. The van der Waals surface area contributed by atoms with Crippen molar-refractivity contribution in [1.29, 1.82) is 0 Å². The van der Waals surface area contributed by atoms with E-state index in [1.807, 2.05) is 19.1 Å². The maximum Gasteiger partial charge on any atom is 0.120 e. The molecule has 1 aliphatic heterocycles. The highest BCUT2D eigenvalue weighted by atomic mass is 16.5. The van der Waals surface area contributed by atoms with Gasteiger partial charge in [-0.3, -0.25) is 9.88 Å². The van der Waals surface area contributed by atoms with Gasteiger partial charge in [-0.05, 0) is 63.4 Å². The molecule has 2 heterocycles. The predicted octanol–water partition coefficient (Wildman–Crippen LogP) is 3.76. The molecule has 1 spiro atoms. The summed E-state index contributed by atoms with van der Waals surface area (Å²) >= 11 is 0. The molecule has 0 unspecified atom stereocenters. The Kier molecular flexibility index (Phi) is 4.65. The van der Waals surface area contributed by atoms with Crippen molar-refractivity contribution in [1.82, 2.24) is 9.88 Å². The number of benzene rings is 1. The largest absolute Gasteiger partial charge is 0.494 e. The Morgan fingerprint density at radius 3 is 2.92 bits per heavy atom. The zero-order valence-electron chi connectivity index (χ0n) is 15.1. The Morgan fingerprint density at radius 1 is 1.24 bits per heavy atom. The lowest BCUT2D eigenvalue weighted by Crippen LogP contribution is -2.46. The molecule has 0 amide bonds. The molecule has 2 atom stereocenters. The van der Waals surface area contributed by atoms with Gasteiger partial charge in [0.25, 0.3) is 0 Å². The number of likely N-dealkylation sites (tertiary alicyclic amines) is 1. The maximum atomic E-state index is 10.4. The number of rotatable bonds is 4. The van der Waals surface area contributed by atoms with Gasteiger partial charge in [-0.15, -0.1) is 0 Å². The van der Waals surface area contributed by atoms with Crippen LogP contribution in [0, 0.1) is 5.41 Å². The molecular formula is C21H28N2O2. The van der Waals surface area contributed by atoms with Crippen molar-refractivity contribution >= 4 is 10.9 Å². The highest BCUT2D eigenvalue weighted by molar-refractivity contribution is 5.80. The quantitative estimate of drug-likeness (QED) is 0.920. The van der Waals surface area contributed by atoms with Crippen LogP contribution >= 0.6 is 0 Å². The zero-order valence-corrected chi connectivity index (χ0v) is 15.1. The van der Waals surface area contributed by atoms with E-state index < -0.39 is 0 Å². The minimum Gasteiger partial charge on any atom is -0.494 e. The van der Waals surface area contributed by atoms with Crippen LogP contribution in [0.15, 0.2) is 30.3 Å². The second-order valence-electron chi connectivity index (χ2n) is 7.67. The molecule has 25 heavy (non-hydrogen) atoms. The minimum atomic E-state index is -0.114. The summed E-state index contributed by atoms with van der Waals surface area (Å²) < 4.78 is 5.57. The van der Waals surface area contributed by atoms with Crippen LogP contribution in [-0.4, -0.2) is 40.8 Å². The zero-order chi connectivity index (χ0) is 17.3.